The van der Waals surface area contributed by atoms with Gasteiger partial charge in [-0.25, -0.2) is 4.79 Å². The Morgan fingerprint density at radius 2 is 1.21 bits per heavy atom. The molecular formula is C40H53N4O4+. The second kappa shape index (κ2) is 17.4. The number of rotatable bonds is 17. The van der Waals surface area contributed by atoms with Crippen LogP contribution in [-0.4, -0.2) is 91.7 Å². The van der Waals surface area contributed by atoms with E-state index in [1.807, 2.05) is 72.8 Å². The van der Waals surface area contributed by atoms with Crippen LogP contribution in [0.1, 0.15) is 95.7 Å². The highest BCUT2D eigenvalue weighted by atomic mass is 16.6. The van der Waals surface area contributed by atoms with Gasteiger partial charge in [-0.15, -0.1) is 0 Å². The van der Waals surface area contributed by atoms with Crippen molar-refractivity contribution in [3.8, 4) is 0 Å². The van der Waals surface area contributed by atoms with E-state index in [2.05, 4.69) is 24.3 Å². The molecule has 256 valence electrons. The van der Waals surface area contributed by atoms with Crippen LogP contribution < -0.4 is 5.32 Å². The Balaban J connectivity index is 0.887. The van der Waals surface area contributed by atoms with Gasteiger partial charge < -0.3 is 19.4 Å². The Bertz CT molecular complexity index is 1400. The molecule has 2 aliphatic rings. The molecule has 3 aromatic carbocycles. The molecule has 0 saturated carbocycles. The van der Waals surface area contributed by atoms with Crippen LogP contribution in [0, 0.1) is 0 Å². The molecule has 1 fully saturated rings. The van der Waals surface area contributed by atoms with E-state index in [-0.39, 0.29) is 30.1 Å². The molecule has 5 rings (SSSR count). The predicted molar refractivity (Wildman–Crippen MR) is 190 cm³/mol. The standard InChI is InChI=1S/C40H52N4O4/c1-44(2,31-29-43-38(45)35-22-14-15-23-36(35)39(43)46)30-17-7-5-3-4-6-16-26-42-27-24-34(25-28-42)48-40(47)41-37(32-18-10-8-11-19-32)33-20-12-9-13-21-33/h8-15,18-23,34,37H,3-7,16-17,24-31H2,1-2H3/p+1. The number of benzene rings is 3. The van der Waals surface area contributed by atoms with E-state index >= 15 is 0 Å². The molecule has 1 saturated heterocycles. The van der Waals surface area contributed by atoms with Gasteiger partial charge in [0.1, 0.15) is 6.10 Å². The fraction of sp³-hybridized carbons (Fsp3) is 0.475. The molecule has 0 unspecified atom stereocenters. The van der Waals surface area contributed by atoms with Crippen molar-refractivity contribution >= 4 is 17.9 Å². The van der Waals surface area contributed by atoms with E-state index in [0.717, 1.165) is 67.6 Å². The molecule has 8 heteroatoms. The van der Waals surface area contributed by atoms with E-state index in [4.69, 9.17) is 4.74 Å². The van der Waals surface area contributed by atoms with Gasteiger partial charge in [0.25, 0.3) is 11.8 Å². The molecule has 1 N–H and O–H groups in total. The maximum atomic E-state index is 12.9. The number of quaternary nitrogens is 1. The minimum atomic E-state index is -0.352. The SMILES string of the molecule is C[N+](C)(CCCCCCCCCN1CCC(OC(=O)NC(c2ccccc2)c2ccccc2)CC1)CCN1C(=O)c2ccccc2C1=O. The molecular weight excluding hydrogens is 600 g/mol. The third-order valence-electron chi connectivity index (χ3n) is 9.88. The summed E-state index contributed by atoms with van der Waals surface area (Å²) in [6.45, 7) is 5.33. The summed E-state index contributed by atoms with van der Waals surface area (Å²) in [5.41, 5.74) is 3.13. The maximum absolute atomic E-state index is 12.9. The first-order chi connectivity index (χ1) is 23.3. The molecule has 8 nitrogen and oxygen atoms in total. The molecule has 3 amide bonds. The zero-order valence-corrected chi connectivity index (χ0v) is 28.8. The highest BCUT2D eigenvalue weighted by Gasteiger charge is 2.36. The van der Waals surface area contributed by atoms with Crippen molar-refractivity contribution in [1.82, 2.24) is 15.1 Å². The molecule has 0 spiro atoms. The largest absolute Gasteiger partial charge is 0.446 e. The van der Waals surface area contributed by atoms with Crippen LogP contribution in [0.15, 0.2) is 84.9 Å². The number of carbonyl (C=O) groups is 3. The Labute approximate surface area is 286 Å². The van der Waals surface area contributed by atoms with Crippen molar-refractivity contribution in [3.05, 3.63) is 107 Å². The van der Waals surface area contributed by atoms with Crippen molar-refractivity contribution in [2.24, 2.45) is 0 Å². The molecule has 48 heavy (non-hydrogen) atoms. The quantitative estimate of drug-likeness (QED) is 0.0958. The van der Waals surface area contributed by atoms with Crippen LogP contribution in [0.5, 0.6) is 0 Å². The minimum Gasteiger partial charge on any atom is -0.446 e. The molecule has 0 atom stereocenters. The first-order valence-corrected chi connectivity index (χ1v) is 17.9. The van der Waals surface area contributed by atoms with Crippen LogP contribution >= 0.6 is 0 Å². The second-order valence-electron chi connectivity index (χ2n) is 14.0. The average Bonchev–Trinajstić information content (AvgIpc) is 3.35. The molecule has 3 aromatic rings. The van der Waals surface area contributed by atoms with Gasteiger partial charge in [-0.3, -0.25) is 14.5 Å². The highest BCUT2D eigenvalue weighted by Crippen LogP contribution is 2.24. The predicted octanol–water partition coefficient (Wildman–Crippen LogP) is 7.07. The lowest BCUT2D eigenvalue weighted by atomic mass is 9.99. The summed E-state index contributed by atoms with van der Waals surface area (Å²) in [7, 11) is 4.38. The van der Waals surface area contributed by atoms with Gasteiger partial charge in [-0.05, 0) is 61.9 Å². The van der Waals surface area contributed by atoms with Gasteiger partial charge in [-0.1, -0.05) is 98.5 Å². The van der Waals surface area contributed by atoms with Crippen molar-refractivity contribution in [1.29, 1.82) is 0 Å². The van der Waals surface area contributed by atoms with E-state index in [0.29, 0.717) is 17.7 Å². The number of fused-ring (bicyclic) bond motifs is 1. The molecule has 0 aromatic heterocycles. The number of amides is 3. The smallest absolute Gasteiger partial charge is 0.408 e. The number of imide groups is 1. The number of nitrogens with zero attached hydrogens (tertiary/aromatic N) is 3. The molecule has 2 aliphatic heterocycles. The number of piperidine rings is 1. The molecule has 0 bridgehead atoms. The normalized spacial score (nSPS) is 15.6. The lowest BCUT2D eigenvalue weighted by molar-refractivity contribution is -0.889. The summed E-state index contributed by atoms with van der Waals surface area (Å²) in [4.78, 5) is 42.1. The Hall–Kier alpha value is -4.01. The summed E-state index contributed by atoms with van der Waals surface area (Å²) < 4.78 is 6.68. The third-order valence-corrected chi connectivity index (χ3v) is 9.88. The van der Waals surface area contributed by atoms with Crippen LogP contribution in [0.2, 0.25) is 0 Å². The summed E-state index contributed by atoms with van der Waals surface area (Å²) in [5.74, 6) is -0.323. The number of hydrogen-bond acceptors (Lipinski definition) is 5. The number of hydrogen-bond donors (Lipinski definition) is 1. The fourth-order valence-electron chi connectivity index (χ4n) is 6.89. The lowest BCUT2D eigenvalue weighted by Crippen LogP contribution is -2.47. The maximum Gasteiger partial charge on any atom is 0.408 e. The average molecular weight is 654 g/mol. The van der Waals surface area contributed by atoms with Gasteiger partial charge in [0.15, 0.2) is 0 Å². The van der Waals surface area contributed by atoms with Crippen LogP contribution in [0.3, 0.4) is 0 Å². The third kappa shape index (κ3) is 10.0. The fourth-order valence-corrected chi connectivity index (χ4v) is 6.89. The molecule has 0 aliphatic carbocycles. The zero-order valence-electron chi connectivity index (χ0n) is 28.8. The number of unbranched alkanes of at least 4 members (excludes halogenated alkanes) is 6. The number of likely N-dealkylation sites (N-methyl/N-ethyl adjacent to an activating group) is 1. The first kappa shape index (κ1) is 35.3. The Morgan fingerprint density at radius 3 is 1.77 bits per heavy atom. The highest BCUT2D eigenvalue weighted by molar-refractivity contribution is 6.21. The number of ether oxygens (including phenoxy) is 1. The van der Waals surface area contributed by atoms with Crippen molar-refractivity contribution in [2.75, 3.05) is 53.4 Å². The van der Waals surface area contributed by atoms with Crippen LogP contribution in [0.4, 0.5) is 4.79 Å². The Kier molecular flexibility index (Phi) is 12.8. The van der Waals surface area contributed by atoms with Gasteiger partial charge >= 0.3 is 6.09 Å². The van der Waals surface area contributed by atoms with Crippen LogP contribution in [-0.2, 0) is 4.74 Å². The topological polar surface area (TPSA) is 79.0 Å². The van der Waals surface area contributed by atoms with E-state index in [9.17, 15) is 14.4 Å². The monoisotopic (exact) mass is 653 g/mol. The molecule has 0 radical (unpaired) electrons. The van der Waals surface area contributed by atoms with Gasteiger partial charge in [0.2, 0.25) is 0 Å². The number of carbonyl (C=O) groups excluding carboxylic acids is 3. The molecule has 2 heterocycles. The zero-order chi connectivity index (χ0) is 33.8. The number of nitrogens with one attached hydrogen (secondary N) is 1. The van der Waals surface area contributed by atoms with Gasteiger partial charge in [0.05, 0.1) is 50.9 Å². The van der Waals surface area contributed by atoms with Crippen molar-refractivity contribution in [2.45, 2.75) is 69.9 Å². The van der Waals surface area contributed by atoms with Crippen molar-refractivity contribution < 1.29 is 23.6 Å². The summed E-state index contributed by atoms with van der Waals surface area (Å²) in [6, 6.07) is 26.9. The number of likely N-dealkylation sites (tertiary alicyclic amines) is 1. The second-order valence-corrected chi connectivity index (χ2v) is 14.0. The summed E-state index contributed by atoms with van der Waals surface area (Å²) in [5, 5.41) is 3.10. The van der Waals surface area contributed by atoms with Gasteiger partial charge in [0, 0.05) is 13.1 Å². The lowest BCUT2D eigenvalue weighted by Gasteiger charge is -2.32. The Morgan fingerprint density at radius 1 is 0.708 bits per heavy atom. The summed E-state index contributed by atoms with van der Waals surface area (Å²) >= 11 is 0. The first-order valence-electron chi connectivity index (χ1n) is 17.9. The van der Waals surface area contributed by atoms with Crippen LogP contribution in [0.25, 0.3) is 0 Å². The minimum absolute atomic E-state index is 0.0422. The summed E-state index contributed by atoms with van der Waals surface area (Å²) in [6.07, 6.45) is 9.97. The number of alkyl carbamates (subject to hydrolysis) is 1. The van der Waals surface area contributed by atoms with E-state index in [1.54, 1.807) is 12.1 Å². The van der Waals surface area contributed by atoms with E-state index < -0.39 is 0 Å². The van der Waals surface area contributed by atoms with Crippen molar-refractivity contribution in [3.63, 3.8) is 0 Å². The van der Waals surface area contributed by atoms with Gasteiger partial charge in [-0.2, -0.15) is 0 Å². The van der Waals surface area contributed by atoms with E-state index in [1.165, 1.54) is 43.4 Å².